The fourth-order valence-corrected chi connectivity index (χ4v) is 12.4. The number of fused-ring (bicyclic) bond motifs is 5. The molecule has 380 valence electrons. The standard InChI is InChI=1S/C54H63FN8O8S/c1-29(2)46(59-52(66)68-6)48(64)61-16-8-10-40(61)37-22-34(26-56-37)31-12-13-39-33(20-31)24-42-45-36(55)21-32(25-43(45)71-50(63(39)42)44-28-58-51(72-44)54(5)14-18-70-19-15-54)35-23-38(57-27-35)41-11-9-17-62(41)49(65)47(30(3)4)60-53(67)69-7/h12-13,20-21,24-30,40-41,46-47,50H,8-11,14-19,22-23H2,1-7H3,(H,59,66)(H,60,67)/t40-,41-,46-,47-,50?/m0/s1. The summed E-state index contributed by atoms with van der Waals surface area (Å²) in [6, 6.07) is 9.84. The van der Waals surface area contributed by atoms with Crippen LogP contribution in [0.1, 0.15) is 113 Å². The number of hydrogen-bond donors (Lipinski definition) is 2. The zero-order valence-corrected chi connectivity index (χ0v) is 42.8. The molecule has 10 rings (SSSR count). The number of nitrogens with zero attached hydrogens (tertiary/aromatic N) is 6. The van der Waals surface area contributed by atoms with Crippen LogP contribution in [0, 0.1) is 17.7 Å². The number of amides is 4. The molecule has 18 heteroatoms. The number of rotatable bonds is 12. The molecule has 0 spiro atoms. The van der Waals surface area contributed by atoms with Crippen molar-refractivity contribution < 1.29 is 42.5 Å². The molecular formula is C54H63FN8O8S. The third-order valence-electron chi connectivity index (χ3n) is 15.4. The fraction of sp³-hybridized carbons (Fsp3) is 0.500. The molecule has 0 aliphatic carbocycles. The summed E-state index contributed by atoms with van der Waals surface area (Å²) in [5.41, 5.74) is 6.94. The number of aliphatic imine (C=N–C) groups is 2. The molecule has 0 radical (unpaired) electrons. The van der Waals surface area contributed by atoms with Gasteiger partial charge in [0, 0.05) is 80.0 Å². The van der Waals surface area contributed by atoms with Gasteiger partial charge in [0.2, 0.25) is 18.0 Å². The lowest BCUT2D eigenvalue weighted by Crippen LogP contribution is -2.53. The quantitative estimate of drug-likeness (QED) is 0.140. The van der Waals surface area contributed by atoms with E-state index in [2.05, 4.69) is 40.3 Å². The maximum absolute atomic E-state index is 17.1. The summed E-state index contributed by atoms with van der Waals surface area (Å²) in [7, 11) is 2.57. The summed E-state index contributed by atoms with van der Waals surface area (Å²) in [5.74, 6) is -0.642. The first-order valence-corrected chi connectivity index (χ1v) is 26.0. The van der Waals surface area contributed by atoms with Crippen molar-refractivity contribution in [2.75, 3.05) is 40.5 Å². The normalized spacial score (nSPS) is 22.2. The van der Waals surface area contributed by atoms with Crippen molar-refractivity contribution in [3.63, 3.8) is 0 Å². The Hall–Kier alpha value is -6.40. The highest BCUT2D eigenvalue weighted by molar-refractivity contribution is 7.11. The Morgan fingerprint density at radius 3 is 1.96 bits per heavy atom. The number of ether oxygens (including phenoxy) is 4. The number of allylic oxidation sites excluding steroid dienone is 2. The van der Waals surface area contributed by atoms with Gasteiger partial charge in [-0.2, -0.15) is 0 Å². The summed E-state index contributed by atoms with van der Waals surface area (Å²) in [6.45, 7) is 12.3. The maximum Gasteiger partial charge on any atom is 0.407 e. The minimum absolute atomic E-state index is 0.137. The number of alkyl carbamates (subject to hydrolysis) is 2. The Labute approximate surface area is 422 Å². The summed E-state index contributed by atoms with van der Waals surface area (Å²) in [4.78, 5) is 71.4. The number of aromatic nitrogens is 2. The molecular weight excluding hydrogens is 940 g/mol. The van der Waals surface area contributed by atoms with E-state index in [0.717, 1.165) is 87.4 Å². The molecule has 8 heterocycles. The second-order valence-electron chi connectivity index (χ2n) is 20.7. The number of benzene rings is 2. The molecule has 0 saturated carbocycles. The van der Waals surface area contributed by atoms with Gasteiger partial charge in [-0.15, -0.1) is 11.3 Å². The summed E-state index contributed by atoms with van der Waals surface area (Å²) in [5, 5.41) is 7.37. The van der Waals surface area contributed by atoms with Crippen LogP contribution in [-0.2, 0) is 29.2 Å². The molecule has 2 aromatic carbocycles. The van der Waals surface area contributed by atoms with Crippen molar-refractivity contribution in [3.05, 3.63) is 81.8 Å². The van der Waals surface area contributed by atoms with E-state index in [9.17, 15) is 19.2 Å². The molecule has 6 aliphatic rings. The van der Waals surface area contributed by atoms with E-state index in [0.29, 0.717) is 61.7 Å². The molecule has 1 unspecified atom stereocenters. The van der Waals surface area contributed by atoms with Crippen LogP contribution in [0.25, 0.3) is 33.3 Å². The Kier molecular flexibility index (Phi) is 13.6. The van der Waals surface area contributed by atoms with E-state index >= 15 is 4.39 Å². The Balaban J connectivity index is 0.936. The number of likely N-dealkylation sites (tertiary alicyclic amines) is 2. The van der Waals surface area contributed by atoms with E-state index in [-0.39, 0.29) is 41.1 Å². The van der Waals surface area contributed by atoms with E-state index in [4.69, 9.17) is 33.9 Å². The number of nitrogens with one attached hydrogen (secondary N) is 2. The van der Waals surface area contributed by atoms with Crippen molar-refractivity contribution in [3.8, 4) is 17.0 Å². The summed E-state index contributed by atoms with van der Waals surface area (Å²) < 4.78 is 41.6. The number of carbonyl (C=O) groups is 4. The molecule has 4 amide bonds. The molecule has 6 aliphatic heterocycles. The third kappa shape index (κ3) is 9.09. The van der Waals surface area contributed by atoms with E-state index in [1.165, 1.54) is 14.2 Å². The van der Waals surface area contributed by atoms with Crippen LogP contribution in [0.5, 0.6) is 5.75 Å². The monoisotopic (exact) mass is 1000 g/mol. The largest absolute Gasteiger partial charge is 0.464 e. The van der Waals surface area contributed by atoms with Gasteiger partial charge >= 0.3 is 12.2 Å². The van der Waals surface area contributed by atoms with Crippen LogP contribution < -0.4 is 15.4 Å². The summed E-state index contributed by atoms with van der Waals surface area (Å²) >= 11 is 1.62. The van der Waals surface area contributed by atoms with Gasteiger partial charge < -0.3 is 39.4 Å². The van der Waals surface area contributed by atoms with Crippen molar-refractivity contribution in [2.45, 2.75) is 122 Å². The molecule has 5 atom stereocenters. The van der Waals surface area contributed by atoms with Crippen molar-refractivity contribution in [1.29, 1.82) is 0 Å². The van der Waals surface area contributed by atoms with Gasteiger partial charge in [-0.3, -0.25) is 24.1 Å². The number of halogens is 1. The highest BCUT2D eigenvalue weighted by atomic mass is 32.1. The van der Waals surface area contributed by atoms with Crippen molar-refractivity contribution in [1.82, 2.24) is 30.0 Å². The highest BCUT2D eigenvalue weighted by Crippen LogP contribution is 2.49. The average molecular weight is 1000 g/mol. The Morgan fingerprint density at radius 1 is 0.806 bits per heavy atom. The number of carbonyl (C=O) groups excluding carboxylic acids is 4. The fourth-order valence-electron chi connectivity index (χ4n) is 11.2. The first kappa shape index (κ1) is 49.2. The zero-order chi connectivity index (χ0) is 50.6. The zero-order valence-electron chi connectivity index (χ0n) is 42.0. The van der Waals surface area contributed by atoms with Gasteiger partial charge in [0.1, 0.15) is 23.7 Å². The molecule has 72 heavy (non-hydrogen) atoms. The van der Waals surface area contributed by atoms with Crippen LogP contribution >= 0.6 is 11.3 Å². The lowest BCUT2D eigenvalue weighted by Gasteiger charge is -2.32. The van der Waals surface area contributed by atoms with Crippen LogP contribution in [0.2, 0.25) is 0 Å². The predicted octanol–water partition coefficient (Wildman–Crippen LogP) is 9.03. The molecule has 2 aromatic heterocycles. The molecule has 16 nitrogen and oxygen atoms in total. The maximum atomic E-state index is 17.1. The van der Waals surface area contributed by atoms with Gasteiger partial charge in [-0.05, 0) is 103 Å². The minimum atomic E-state index is -0.750. The van der Waals surface area contributed by atoms with Crippen LogP contribution in [0.15, 0.2) is 65.0 Å². The third-order valence-corrected chi connectivity index (χ3v) is 16.7. The predicted molar refractivity (Wildman–Crippen MR) is 273 cm³/mol. The van der Waals surface area contributed by atoms with Crippen molar-refractivity contribution >= 4 is 68.8 Å². The molecule has 4 aromatic rings. The van der Waals surface area contributed by atoms with Crippen molar-refractivity contribution in [2.24, 2.45) is 21.8 Å². The molecule has 3 fully saturated rings. The molecule has 0 bridgehead atoms. The van der Waals surface area contributed by atoms with Gasteiger partial charge in [-0.25, -0.2) is 19.0 Å². The minimum Gasteiger partial charge on any atom is -0.464 e. The Morgan fingerprint density at radius 2 is 1.39 bits per heavy atom. The van der Waals surface area contributed by atoms with Crippen LogP contribution in [-0.4, -0.2) is 119 Å². The van der Waals surface area contributed by atoms with E-state index in [1.54, 1.807) is 23.6 Å². The van der Waals surface area contributed by atoms with Crippen LogP contribution in [0.4, 0.5) is 14.0 Å². The number of hydrogen-bond acceptors (Lipinski definition) is 12. The van der Waals surface area contributed by atoms with Gasteiger partial charge in [0.25, 0.3) is 0 Å². The lowest BCUT2D eigenvalue weighted by molar-refractivity contribution is -0.134. The SMILES string of the molecule is COC(=O)N[C@H](C(=O)N1CCC[C@H]1C1=NC=C(c2cc(F)c3c(c2)OC(c2cnc(C4(C)CCOCC4)s2)n2c-3cc3cc(C4=CN=C([C@@H]5CCCN5C(=O)[C@@H](NC(=O)OC)C(C)C)C4)ccc32)C1)C(C)C. The highest BCUT2D eigenvalue weighted by Gasteiger charge is 2.42. The topological polar surface area (TPSA) is 178 Å². The second-order valence-corrected chi connectivity index (χ2v) is 21.8. The molecule has 3 saturated heterocycles. The smallest absolute Gasteiger partial charge is 0.407 e. The first-order valence-electron chi connectivity index (χ1n) is 25.2. The summed E-state index contributed by atoms with van der Waals surface area (Å²) in [6.07, 6.45) is 9.46. The Bertz CT molecular complexity index is 2950. The van der Waals surface area contributed by atoms with Gasteiger partial charge in [0.05, 0.1) is 53.0 Å². The van der Waals surface area contributed by atoms with Gasteiger partial charge in [-0.1, -0.05) is 40.7 Å². The van der Waals surface area contributed by atoms with Crippen LogP contribution in [0.3, 0.4) is 0 Å². The van der Waals surface area contributed by atoms with E-state index in [1.807, 2.05) is 62.0 Å². The van der Waals surface area contributed by atoms with Gasteiger partial charge in [0.15, 0.2) is 0 Å². The average Bonchev–Trinajstić information content (AvgIpc) is 4.24. The number of thiazole rings is 1. The second kappa shape index (κ2) is 19.9. The lowest BCUT2D eigenvalue weighted by atomic mass is 9.83. The molecule has 2 N–H and O–H groups in total. The first-order chi connectivity index (χ1) is 34.7. The van der Waals surface area contributed by atoms with E-state index < -0.39 is 36.3 Å². The number of methoxy groups -OCH3 is 2.